The Morgan fingerprint density at radius 3 is 0.935 bits per heavy atom. The molecule has 4 aromatic rings. The van der Waals surface area contributed by atoms with Crippen molar-refractivity contribution in [3.8, 4) is 24.3 Å². The third-order valence-electron chi connectivity index (χ3n) is 11.0. The van der Waals surface area contributed by atoms with Gasteiger partial charge >= 0.3 is 0 Å². The summed E-state index contributed by atoms with van der Waals surface area (Å²) in [6, 6.07) is 17.6. The van der Waals surface area contributed by atoms with Crippen LogP contribution in [-0.4, -0.2) is 16.1 Å². The summed E-state index contributed by atoms with van der Waals surface area (Å²) in [6.07, 6.45) is 0. The molecule has 0 fully saturated rings. The highest BCUT2D eigenvalue weighted by Crippen LogP contribution is 2.45. The lowest BCUT2D eigenvalue weighted by Crippen LogP contribution is -2.54. The van der Waals surface area contributed by atoms with E-state index in [1.165, 1.54) is 9.00 Å². The maximum Gasteiger partial charge on any atom is 0.138 e. The van der Waals surface area contributed by atoms with Crippen LogP contribution in [0.2, 0.25) is 33.2 Å². The molecule has 46 heavy (non-hydrogen) atoms. The van der Waals surface area contributed by atoms with Crippen LogP contribution in [0.15, 0.2) is 24.3 Å². The molecule has 0 aliphatic rings. The molecule has 0 radical (unpaired) electrons. The van der Waals surface area contributed by atoms with Crippen molar-refractivity contribution in [2.75, 3.05) is 0 Å². The van der Waals surface area contributed by atoms with Crippen LogP contribution in [-0.2, 0) is 0 Å². The summed E-state index contributed by atoms with van der Waals surface area (Å²) in [5, 5.41) is 46.0. The highest BCUT2D eigenvalue weighted by atomic mass is 32.1. The van der Waals surface area contributed by atoms with Gasteiger partial charge in [-0.1, -0.05) is 83.1 Å². The predicted octanol–water partition coefficient (Wildman–Crippen LogP) is 9.44. The molecule has 0 aliphatic heterocycles. The Kier molecular flexibility index (Phi) is 10.1. The summed E-state index contributed by atoms with van der Waals surface area (Å²) in [5.41, 5.74) is 3.19. The molecule has 0 saturated carbocycles. The summed E-state index contributed by atoms with van der Waals surface area (Å²) in [4.78, 5) is 0. The number of nitriles is 4. The van der Waals surface area contributed by atoms with Gasteiger partial charge in [-0.15, -0.1) is 22.7 Å². The normalized spacial score (nSPS) is 12.6. The first-order valence-corrected chi connectivity index (χ1v) is 22.5. The van der Waals surface area contributed by atoms with Gasteiger partial charge in [-0.2, -0.15) is 21.0 Å². The summed E-state index contributed by atoms with van der Waals surface area (Å²) >= 11 is 3.51. The van der Waals surface area contributed by atoms with Gasteiger partial charge in [-0.25, -0.2) is 0 Å². The fraction of sp³-hybridized carbons (Fsp3) is 0.474. The van der Waals surface area contributed by atoms with Crippen LogP contribution in [0, 0.1) is 45.3 Å². The van der Waals surface area contributed by atoms with Crippen molar-refractivity contribution in [2.45, 2.75) is 116 Å². The largest absolute Gasteiger partial charge is 0.192 e. The van der Waals surface area contributed by atoms with E-state index in [-0.39, 0.29) is 11.1 Å². The van der Waals surface area contributed by atoms with Gasteiger partial charge in [0.05, 0.1) is 0 Å². The van der Waals surface area contributed by atoms with Crippen molar-refractivity contribution in [1.82, 2.24) is 0 Å². The van der Waals surface area contributed by atoms with Crippen molar-refractivity contribution in [2.24, 2.45) is 0 Å². The SMILES string of the molecule is CC(C)[Si](c1cc2c(s1)c(=C(C#N)C#N)cc1c3cc([Si](C(C)C)(C(C)C)C(C)C)sc3c(=C(C#N)C#N)cc21)(C(C)C)C(C)C. The van der Waals surface area contributed by atoms with Crippen LogP contribution >= 0.6 is 22.7 Å². The Bertz CT molecular complexity index is 1910. The van der Waals surface area contributed by atoms with E-state index in [4.69, 9.17) is 0 Å². The molecule has 4 nitrogen and oxygen atoms in total. The van der Waals surface area contributed by atoms with Gasteiger partial charge in [0.25, 0.3) is 0 Å². The van der Waals surface area contributed by atoms with E-state index in [9.17, 15) is 21.0 Å². The molecule has 2 aromatic heterocycles. The van der Waals surface area contributed by atoms with Gasteiger partial charge < -0.3 is 0 Å². The van der Waals surface area contributed by atoms with Gasteiger partial charge in [0.15, 0.2) is 0 Å². The Balaban J connectivity index is 2.42. The zero-order valence-corrected chi connectivity index (χ0v) is 33.0. The predicted molar refractivity (Wildman–Crippen MR) is 205 cm³/mol. The van der Waals surface area contributed by atoms with Gasteiger partial charge in [-0.05, 0) is 77.3 Å². The van der Waals surface area contributed by atoms with Gasteiger partial charge in [0, 0.05) is 30.6 Å². The van der Waals surface area contributed by atoms with Gasteiger partial charge in [0.2, 0.25) is 0 Å². The van der Waals surface area contributed by atoms with Crippen molar-refractivity contribution in [3.05, 3.63) is 34.7 Å². The second kappa shape index (κ2) is 13.1. The van der Waals surface area contributed by atoms with Crippen molar-refractivity contribution in [3.63, 3.8) is 0 Å². The standard InChI is InChI=1S/C38H46N4S2Si2/c1-21(2)45(22(3)4,23(5)6)35-15-33-31-14-30(28(19-41)20-42)38-34(32(31)13-29(37(33)43-35)27(17-39)18-40)16-36(44-38)46(24(7)8,25(9)10)26(11)12/h13-16,21-26H,1-12H3. The topological polar surface area (TPSA) is 95.2 Å². The molecule has 2 heterocycles. The lowest BCUT2D eigenvalue weighted by molar-refractivity contribution is 0.837. The summed E-state index contributed by atoms with van der Waals surface area (Å²) in [6.45, 7) is 28.2. The van der Waals surface area contributed by atoms with Crippen LogP contribution in [0.3, 0.4) is 0 Å². The first-order valence-electron chi connectivity index (χ1n) is 16.4. The number of nitrogens with zero attached hydrogens (tertiary/aromatic N) is 4. The quantitative estimate of drug-likeness (QED) is 0.174. The van der Waals surface area contributed by atoms with Gasteiger partial charge in [0.1, 0.15) is 51.6 Å². The average molecular weight is 679 g/mol. The number of hydrogen-bond donors (Lipinski definition) is 0. The number of fused-ring (bicyclic) bond motifs is 5. The van der Waals surface area contributed by atoms with Gasteiger partial charge in [-0.3, -0.25) is 0 Å². The van der Waals surface area contributed by atoms with Crippen molar-refractivity contribution < 1.29 is 0 Å². The lowest BCUT2D eigenvalue weighted by atomic mass is 9.99. The van der Waals surface area contributed by atoms with E-state index in [1.54, 1.807) is 22.7 Å². The van der Waals surface area contributed by atoms with Crippen LogP contribution in [0.4, 0.5) is 0 Å². The molecule has 0 aliphatic carbocycles. The average Bonchev–Trinajstić information content (AvgIpc) is 3.60. The Labute approximate surface area is 284 Å². The fourth-order valence-corrected chi connectivity index (χ4v) is 29.8. The first kappa shape index (κ1) is 35.6. The minimum Gasteiger partial charge on any atom is -0.192 e. The number of benzene rings is 2. The first-order chi connectivity index (χ1) is 21.6. The third-order valence-corrected chi connectivity index (χ3v) is 29.1. The molecular weight excluding hydrogens is 633 g/mol. The molecule has 8 heteroatoms. The molecule has 4 rings (SSSR count). The van der Waals surface area contributed by atoms with E-state index in [2.05, 4.69) is 119 Å². The zero-order chi connectivity index (χ0) is 34.5. The van der Waals surface area contributed by atoms with Crippen LogP contribution in [0.5, 0.6) is 0 Å². The van der Waals surface area contributed by atoms with E-state index in [0.717, 1.165) is 30.9 Å². The highest BCUT2D eigenvalue weighted by Gasteiger charge is 2.47. The maximum atomic E-state index is 10.2. The molecule has 0 unspecified atom stereocenters. The van der Waals surface area contributed by atoms with Crippen LogP contribution in [0.25, 0.3) is 42.1 Å². The number of hydrogen-bond acceptors (Lipinski definition) is 6. The smallest absolute Gasteiger partial charge is 0.138 e. The van der Waals surface area contributed by atoms with E-state index >= 15 is 0 Å². The Hall–Kier alpha value is -3.25. The van der Waals surface area contributed by atoms with E-state index < -0.39 is 16.1 Å². The summed E-state index contributed by atoms with van der Waals surface area (Å²) < 4.78 is 4.67. The monoisotopic (exact) mass is 678 g/mol. The molecule has 2 aromatic carbocycles. The summed E-state index contributed by atoms with van der Waals surface area (Å²) in [7, 11) is -4.15. The number of rotatable bonds is 8. The lowest BCUT2D eigenvalue weighted by Gasteiger charge is -2.42. The molecular formula is C38H46N4S2Si2. The Morgan fingerprint density at radius 2 is 0.717 bits per heavy atom. The summed E-state index contributed by atoms with van der Waals surface area (Å²) in [5.74, 6) is 0. The van der Waals surface area contributed by atoms with Crippen LogP contribution in [0.1, 0.15) is 83.1 Å². The molecule has 0 saturated heterocycles. The molecule has 0 spiro atoms. The highest BCUT2D eigenvalue weighted by molar-refractivity contribution is 7.33. The third kappa shape index (κ3) is 5.07. The molecule has 0 N–H and O–H groups in total. The van der Waals surface area contributed by atoms with E-state index in [1.807, 2.05) is 12.1 Å². The van der Waals surface area contributed by atoms with Crippen molar-refractivity contribution >= 4 is 89.9 Å². The second-order valence-electron chi connectivity index (χ2n) is 14.6. The van der Waals surface area contributed by atoms with Crippen LogP contribution < -0.4 is 19.4 Å². The molecule has 0 bridgehead atoms. The minimum atomic E-state index is -2.07. The van der Waals surface area contributed by atoms with Crippen molar-refractivity contribution in [1.29, 1.82) is 21.0 Å². The molecule has 0 atom stereocenters. The second-order valence-corrected chi connectivity index (χ2v) is 29.2. The minimum absolute atomic E-state index is 0.121. The Morgan fingerprint density at radius 1 is 0.457 bits per heavy atom. The zero-order valence-electron chi connectivity index (χ0n) is 29.4. The number of thiophene rings is 2. The van der Waals surface area contributed by atoms with E-state index in [0.29, 0.717) is 43.7 Å². The maximum absolute atomic E-state index is 10.2. The fourth-order valence-electron chi connectivity index (χ4n) is 9.40. The molecule has 238 valence electrons. The molecule has 0 amide bonds.